The molecular formula is C10H15N3O3S. The van der Waals surface area contributed by atoms with Gasteiger partial charge in [-0.1, -0.05) is 0 Å². The summed E-state index contributed by atoms with van der Waals surface area (Å²) in [6.45, 7) is 0.509. The molecule has 0 aliphatic heterocycles. The SMILES string of the molecule is NC(CCC(=O)NCCc1nccs1)C(=O)O. The monoisotopic (exact) mass is 257 g/mol. The molecule has 0 saturated carbocycles. The fourth-order valence-electron chi connectivity index (χ4n) is 1.18. The number of thiazole rings is 1. The minimum Gasteiger partial charge on any atom is -0.480 e. The van der Waals surface area contributed by atoms with Crippen LogP contribution in [0.15, 0.2) is 11.6 Å². The van der Waals surface area contributed by atoms with E-state index in [2.05, 4.69) is 10.3 Å². The summed E-state index contributed by atoms with van der Waals surface area (Å²) in [6, 6.07) is -0.972. The van der Waals surface area contributed by atoms with Crippen LogP contribution in [0.4, 0.5) is 0 Å². The number of rotatable bonds is 7. The van der Waals surface area contributed by atoms with Gasteiger partial charge in [0.15, 0.2) is 0 Å². The number of hydrogen-bond acceptors (Lipinski definition) is 5. The lowest BCUT2D eigenvalue weighted by Crippen LogP contribution is -2.33. The highest BCUT2D eigenvalue weighted by Gasteiger charge is 2.13. The van der Waals surface area contributed by atoms with Crippen molar-refractivity contribution in [3.8, 4) is 0 Å². The van der Waals surface area contributed by atoms with Gasteiger partial charge < -0.3 is 16.2 Å². The van der Waals surface area contributed by atoms with Crippen molar-refractivity contribution in [2.45, 2.75) is 25.3 Å². The predicted molar refractivity (Wildman–Crippen MR) is 63.7 cm³/mol. The summed E-state index contributed by atoms with van der Waals surface area (Å²) in [4.78, 5) is 25.8. The van der Waals surface area contributed by atoms with Gasteiger partial charge in [-0.3, -0.25) is 9.59 Å². The Bertz CT molecular complexity index is 367. The van der Waals surface area contributed by atoms with Crippen LogP contribution in [-0.4, -0.2) is 34.6 Å². The van der Waals surface area contributed by atoms with Crippen LogP contribution in [0.1, 0.15) is 17.8 Å². The molecule has 1 atom stereocenters. The predicted octanol–water partition coefficient (Wildman–Crippen LogP) is -0.00610. The molecule has 0 radical (unpaired) electrons. The van der Waals surface area contributed by atoms with Gasteiger partial charge >= 0.3 is 5.97 Å². The third-order valence-electron chi connectivity index (χ3n) is 2.14. The first-order valence-electron chi connectivity index (χ1n) is 5.23. The lowest BCUT2D eigenvalue weighted by Gasteiger charge is -2.06. The van der Waals surface area contributed by atoms with Crippen LogP contribution in [0.5, 0.6) is 0 Å². The number of amides is 1. The molecule has 1 aromatic heterocycles. The maximum absolute atomic E-state index is 11.3. The highest BCUT2D eigenvalue weighted by Crippen LogP contribution is 2.03. The Balaban J connectivity index is 2.11. The van der Waals surface area contributed by atoms with E-state index < -0.39 is 12.0 Å². The Morgan fingerprint density at radius 2 is 2.35 bits per heavy atom. The van der Waals surface area contributed by atoms with E-state index in [-0.39, 0.29) is 18.7 Å². The van der Waals surface area contributed by atoms with Gasteiger partial charge in [-0.2, -0.15) is 0 Å². The molecule has 0 bridgehead atoms. The smallest absolute Gasteiger partial charge is 0.320 e. The summed E-state index contributed by atoms with van der Waals surface area (Å²) in [5.41, 5.74) is 5.28. The summed E-state index contributed by atoms with van der Waals surface area (Å²) in [5.74, 6) is -1.26. The summed E-state index contributed by atoms with van der Waals surface area (Å²) in [7, 11) is 0. The minimum atomic E-state index is -1.08. The van der Waals surface area contributed by atoms with E-state index >= 15 is 0 Å². The van der Waals surface area contributed by atoms with Crippen LogP contribution in [0.2, 0.25) is 0 Å². The number of nitrogens with two attached hydrogens (primary N) is 1. The Kier molecular flexibility index (Phi) is 5.58. The van der Waals surface area contributed by atoms with E-state index in [0.717, 1.165) is 5.01 Å². The number of nitrogens with one attached hydrogen (secondary N) is 1. The molecule has 1 aromatic rings. The van der Waals surface area contributed by atoms with E-state index in [0.29, 0.717) is 13.0 Å². The zero-order valence-corrected chi connectivity index (χ0v) is 10.1. The molecule has 0 aromatic carbocycles. The molecule has 0 fully saturated rings. The van der Waals surface area contributed by atoms with Crippen molar-refractivity contribution in [1.82, 2.24) is 10.3 Å². The van der Waals surface area contributed by atoms with E-state index in [1.165, 1.54) is 11.3 Å². The van der Waals surface area contributed by atoms with Crippen molar-refractivity contribution in [3.63, 3.8) is 0 Å². The molecule has 6 nitrogen and oxygen atoms in total. The maximum Gasteiger partial charge on any atom is 0.320 e. The van der Waals surface area contributed by atoms with E-state index in [9.17, 15) is 9.59 Å². The van der Waals surface area contributed by atoms with Gasteiger partial charge in [0.05, 0.1) is 5.01 Å². The molecule has 0 spiro atoms. The van der Waals surface area contributed by atoms with Gasteiger partial charge in [0.1, 0.15) is 6.04 Å². The Hall–Kier alpha value is -1.47. The third-order valence-corrected chi connectivity index (χ3v) is 2.98. The third kappa shape index (κ3) is 5.41. The number of carbonyl (C=O) groups excluding carboxylic acids is 1. The normalized spacial score (nSPS) is 12.1. The molecule has 1 amide bonds. The minimum absolute atomic E-state index is 0.130. The molecule has 94 valence electrons. The molecule has 0 aliphatic carbocycles. The summed E-state index contributed by atoms with van der Waals surface area (Å²) < 4.78 is 0. The first-order valence-corrected chi connectivity index (χ1v) is 6.11. The standard InChI is InChI=1S/C10H15N3O3S/c11-7(10(15)16)1-2-8(14)12-4-3-9-13-5-6-17-9/h5-7H,1-4,11H2,(H,12,14)(H,15,16). The second-order valence-corrected chi connectivity index (χ2v) is 4.49. The molecular weight excluding hydrogens is 242 g/mol. The number of nitrogens with zero attached hydrogens (tertiary/aromatic N) is 1. The summed E-state index contributed by atoms with van der Waals surface area (Å²) >= 11 is 1.54. The van der Waals surface area contributed by atoms with Gasteiger partial charge in [-0.25, -0.2) is 4.98 Å². The van der Waals surface area contributed by atoms with Crippen LogP contribution < -0.4 is 11.1 Å². The number of aromatic nitrogens is 1. The molecule has 17 heavy (non-hydrogen) atoms. The van der Waals surface area contributed by atoms with E-state index in [1.807, 2.05) is 5.38 Å². The van der Waals surface area contributed by atoms with Crippen LogP contribution >= 0.6 is 11.3 Å². The van der Waals surface area contributed by atoms with Crippen molar-refractivity contribution in [2.75, 3.05) is 6.54 Å². The van der Waals surface area contributed by atoms with Crippen molar-refractivity contribution in [2.24, 2.45) is 5.73 Å². The molecule has 0 saturated heterocycles. The lowest BCUT2D eigenvalue weighted by atomic mass is 10.1. The number of carboxylic acid groups (broad SMARTS) is 1. The lowest BCUT2D eigenvalue weighted by molar-refractivity contribution is -0.138. The molecule has 4 N–H and O–H groups in total. The first-order chi connectivity index (χ1) is 8.09. The zero-order chi connectivity index (χ0) is 12.7. The number of aliphatic carboxylic acids is 1. The largest absolute Gasteiger partial charge is 0.480 e. The average molecular weight is 257 g/mol. The van der Waals surface area contributed by atoms with Gasteiger partial charge in [-0.15, -0.1) is 11.3 Å². The van der Waals surface area contributed by atoms with Gasteiger partial charge in [0, 0.05) is 31.0 Å². The molecule has 1 heterocycles. The van der Waals surface area contributed by atoms with E-state index in [1.54, 1.807) is 6.20 Å². The van der Waals surface area contributed by atoms with Crippen LogP contribution in [0.3, 0.4) is 0 Å². The van der Waals surface area contributed by atoms with Crippen LogP contribution in [0, 0.1) is 0 Å². The highest BCUT2D eigenvalue weighted by molar-refractivity contribution is 7.09. The van der Waals surface area contributed by atoms with Crippen molar-refractivity contribution < 1.29 is 14.7 Å². The van der Waals surface area contributed by atoms with Crippen LogP contribution in [0.25, 0.3) is 0 Å². The Labute approximate surface area is 103 Å². The van der Waals surface area contributed by atoms with Gasteiger partial charge in [-0.05, 0) is 6.42 Å². The second kappa shape index (κ2) is 6.97. The Morgan fingerprint density at radius 1 is 1.59 bits per heavy atom. The number of carboxylic acids is 1. The topological polar surface area (TPSA) is 105 Å². The summed E-state index contributed by atoms with van der Waals surface area (Å²) in [5, 5.41) is 14.1. The zero-order valence-electron chi connectivity index (χ0n) is 9.26. The van der Waals surface area contributed by atoms with Crippen molar-refractivity contribution in [1.29, 1.82) is 0 Å². The fraction of sp³-hybridized carbons (Fsp3) is 0.500. The average Bonchev–Trinajstić information content (AvgIpc) is 2.78. The van der Waals surface area contributed by atoms with E-state index in [4.69, 9.17) is 10.8 Å². The number of carbonyl (C=O) groups is 2. The van der Waals surface area contributed by atoms with Crippen molar-refractivity contribution >= 4 is 23.2 Å². The number of hydrogen-bond donors (Lipinski definition) is 3. The molecule has 1 rings (SSSR count). The molecule has 1 unspecified atom stereocenters. The quantitative estimate of drug-likeness (QED) is 0.637. The fourth-order valence-corrected chi connectivity index (χ4v) is 1.80. The van der Waals surface area contributed by atoms with Gasteiger partial charge in [0.25, 0.3) is 0 Å². The second-order valence-electron chi connectivity index (χ2n) is 3.51. The molecule has 0 aliphatic rings. The molecule has 7 heteroatoms. The van der Waals surface area contributed by atoms with Crippen LogP contribution in [-0.2, 0) is 16.0 Å². The highest BCUT2D eigenvalue weighted by atomic mass is 32.1. The van der Waals surface area contributed by atoms with Crippen molar-refractivity contribution in [3.05, 3.63) is 16.6 Å². The first kappa shape index (κ1) is 13.6. The van der Waals surface area contributed by atoms with Gasteiger partial charge in [0.2, 0.25) is 5.91 Å². The Morgan fingerprint density at radius 3 is 2.94 bits per heavy atom. The summed E-state index contributed by atoms with van der Waals surface area (Å²) in [6.07, 6.45) is 2.69. The maximum atomic E-state index is 11.3.